The van der Waals surface area contributed by atoms with Crippen molar-refractivity contribution in [3.05, 3.63) is 21.9 Å². The van der Waals surface area contributed by atoms with E-state index in [0.717, 1.165) is 0 Å². The van der Waals surface area contributed by atoms with Gasteiger partial charge in [-0.25, -0.2) is 0 Å². The molecular weight excluding hydrogens is 173 g/mol. The van der Waals surface area contributed by atoms with Crippen LogP contribution in [0.3, 0.4) is 0 Å². The van der Waals surface area contributed by atoms with E-state index in [0.29, 0.717) is 18.6 Å². The predicted molar refractivity (Wildman–Crippen MR) is 45.4 cm³/mol. The molecule has 0 aliphatic rings. The van der Waals surface area contributed by atoms with Crippen molar-refractivity contribution in [3.63, 3.8) is 0 Å². The Kier molecular flexibility index (Phi) is 3.02. The van der Waals surface area contributed by atoms with Crippen LogP contribution in [0.4, 0.5) is 5.82 Å². The fraction of sp³-hybridized carbons (Fsp3) is 0.500. The molecule has 13 heavy (non-hydrogen) atoms. The standard InChI is InChI=1S/C6H8BN3O3/c7-1-2-9-5(4-11)3-6(8-9)10(12)13/h3,11H,1-2,4H2. The van der Waals surface area contributed by atoms with Crippen LogP contribution in [0.15, 0.2) is 6.07 Å². The largest absolute Gasteiger partial charge is 0.390 e. The van der Waals surface area contributed by atoms with Crippen LogP contribution in [0.25, 0.3) is 0 Å². The molecule has 0 fully saturated rings. The number of nitrogens with zero attached hydrogens (tertiary/aromatic N) is 3. The van der Waals surface area contributed by atoms with E-state index < -0.39 is 4.92 Å². The molecule has 2 radical (unpaired) electrons. The van der Waals surface area contributed by atoms with Gasteiger partial charge >= 0.3 is 5.82 Å². The molecule has 0 aliphatic carbocycles. The molecule has 6 nitrogen and oxygen atoms in total. The van der Waals surface area contributed by atoms with Gasteiger partial charge in [-0.2, -0.15) is 4.68 Å². The van der Waals surface area contributed by atoms with Crippen LogP contribution in [0.1, 0.15) is 5.69 Å². The van der Waals surface area contributed by atoms with Crippen molar-refractivity contribution in [2.24, 2.45) is 0 Å². The Bertz CT molecular complexity index is 312. The third kappa shape index (κ3) is 2.06. The van der Waals surface area contributed by atoms with Crippen molar-refractivity contribution in [3.8, 4) is 0 Å². The molecule has 1 N–H and O–H groups in total. The van der Waals surface area contributed by atoms with Crippen LogP contribution in [-0.2, 0) is 13.2 Å². The lowest BCUT2D eigenvalue weighted by Gasteiger charge is -1.95. The maximum atomic E-state index is 10.3. The van der Waals surface area contributed by atoms with Crippen LogP contribution in [0.2, 0.25) is 6.32 Å². The van der Waals surface area contributed by atoms with Gasteiger partial charge in [-0.3, -0.25) is 0 Å². The second-order valence-corrected chi connectivity index (χ2v) is 2.42. The van der Waals surface area contributed by atoms with E-state index >= 15 is 0 Å². The number of hydrogen-bond donors (Lipinski definition) is 1. The van der Waals surface area contributed by atoms with Crippen molar-refractivity contribution < 1.29 is 10.0 Å². The second kappa shape index (κ2) is 4.04. The first-order valence-corrected chi connectivity index (χ1v) is 3.71. The summed E-state index contributed by atoms with van der Waals surface area (Å²) in [5.74, 6) is -0.266. The molecule has 1 heterocycles. The first-order chi connectivity index (χ1) is 6.19. The monoisotopic (exact) mass is 181 g/mol. The highest BCUT2D eigenvalue weighted by Gasteiger charge is 2.16. The van der Waals surface area contributed by atoms with E-state index in [9.17, 15) is 10.1 Å². The molecule has 0 bridgehead atoms. The molecule has 0 amide bonds. The maximum Gasteiger partial charge on any atom is 0.390 e. The summed E-state index contributed by atoms with van der Waals surface area (Å²) in [6, 6.07) is 1.23. The van der Waals surface area contributed by atoms with Crippen molar-refractivity contribution in [1.29, 1.82) is 0 Å². The molecule has 68 valence electrons. The summed E-state index contributed by atoms with van der Waals surface area (Å²) in [5.41, 5.74) is 0.400. The van der Waals surface area contributed by atoms with Crippen molar-refractivity contribution >= 4 is 13.7 Å². The Labute approximate surface area is 75.7 Å². The van der Waals surface area contributed by atoms with Crippen LogP contribution >= 0.6 is 0 Å². The van der Waals surface area contributed by atoms with Gasteiger partial charge in [-0.05, 0) is 4.92 Å². The van der Waals surface area contributed by atoms with Crippen molar-refractivity contribution in [2.45, 2.75) is 19.5 Å². The average Bonchev–Trinajstić information content (AvgIpc) is 2.48. The minimum absolute atomic E-state index is 0.266. The zero-order valence-electron chi connectivity index (χ0n) is 6.88. The smallest absolute Gasteiger partial charge is 0.390 e. The topological polar surface area (TPSA) is 81.2 Å². The first-order valence-electron chi connectivity index (χ1n) is 3.71. The minimum atomic E-state index is -0.605. The van der Waals surface area contributed by atoms with Crippen LogP contribution in [0, 0.1) is 10.1 Å². The fourth-order valence-corrected chi connectivity index (χ4v) is 0.973. The molecule has 1 aromatic heterocycles. The molecule has 1 rings (SSSR count). The predicted octanol–water partition coefficient (Wildman–Crippen LogP) is -0.130. The summed E-state index contributed by atoms with van der Waals surface area (Å²) >= 11 is 0. The molecule has 0 atom stereocenters. The van der Waals surface area contributed by atoms with Gasteiger partial charge in [0.2, 0.25) is 0 Å². The van der Waals surface area contributed by atoms with E-state index in [2.05, 4.69) is 5.10 Å². The van der Waals surface area contributed by atoms with E-state index in [1.54, 1.807) is 0 Å². The lowest BCUT2D eigenvalue weighted by Crippen LogP contribution is -2.04. The first kappa shape index (κ1) is 9.72. The van der Waals surface area contributed by atoms with Crippen LogP contribution in [0.5, 0.6) is 0 Å². The number of rotatable bonds is 4. The quantitative estimate of drug-likeness (QED) is 0.398. The lowest BCUT2D eigenvalue weighted by atomic mass is 10.1. The summed E-state index contributed by atoms with van der Waals surface area (Å²) in [6.45, 7) is 0.0879. The highest BCUT2D eigenvalue weighted by Crippen LogP contribution is 2.11. The Morgan fingerprint density at radius 2 is 2.46 bits per heavy atom. The zero-order chi connectivity index (χ0) is 9.84. The lowest BCUT2D eigenvalue weighted by molar-refractivity contribution is -0.389. The molecule has 0 aromatic carbocycles. The minimum Gasteiger partial charge on any atom is -0.390 e. The molecule has 1 aromatic rings. The molecule has 0 unspecified atom stereocenters. The van der Waals surface area contributed by atoms with E-state index in [1.165, 1.54) is 10.7 Å². The van der Waals surface area contributed by atoms with Crippen LogP contribution in [-0.4, -0.2) is 27.7 Å². The summed E-state index contributed by atoms with van der Waals surface area (Å²) in [5, 5.41) is 22.8. The normalized spacial score (nSPS) is 10.2. The maximum absolute atomic E-state index is 10.3. The zero-order valence-corrected chi connectivity index (χ0v) is 6.88. The molecule has 0 spiro atoms. The Balaban J connectivity index is 2.96. The second-order valence-electron chi connectivity index (χ2n) is 2.42. The van der Waals surface area contributed by atoms with Gasteiger partial charge in [0.25, 0.3) is 0 Å². The third-order valence-corrected chi connectivity index (χ3v) is 1.54. The van der Waals surface area contributed by atoms with Gasteiger partial charge in [-0.15, -0.1) is 0 Å². The Morgan fingerprint density at radius 3 is 2.92 bits per heavy atom. The number of hydrogen-bond acceptors (Lipinski definition) is 4. The number of aromatic nitrogens is 2. The average molecular weight is 181 g/mol. The van der Waals surface area contributed by atoms with Gasteiger partial charge in [0.05, 0.1) is 37.9 Å². The van der Waals surface area contributed by atoms with Crippen molar-refractivity contribution in [2.75, 3.05) is 0 Å². The molecule has 0 saturated carbocycles. The number of nitro groups is 1. The van der Waals surface area contributed by atoms with Gasteiger partial charge in [0.1, 0.15) is 0 Å². The van der Waals surface area contributed by atoms with Gasteiger partial charge in [0, 0.05) is 0 Å². The Morgan fingerprint density at radius 1 is 1.77 bits per heavy atom. The summed E-state index contributed by atoms with van der Waals surface area (Å²) in [4.78, 5) is 9.70. The fourth-order valence-electron chi connectivity index (χ4n) is 0.973. The number of aryl methyl sites for hydroxylation is 1. The highest BCUT2D eigenvalue weighted by molar-refractivity contribution is 6.08. The molecule has 7 heteroatoms. The highest BCUT2D eigenvalue weighted by atomic mass is 16.6. The van der Waals surface area contributed by atoms with Gasteiger partial charge in [0.15, 0.2) is 0 Å². The SMILES string of the molecule is [B]CCn1nc([N+](=O)[O-])cc1CO. The van der Waals surface area contributed by atoms with Gasteiger partial charge < -0.3 is 15.2 Å². The molecule has 0 saturated heterocycles. The van der Waals surface area contributed by atoms with E-state index in [4.69, 9.17) is 13.0 Å². The Hall–Kier alpha value is -1.37. The molecule has 0 aliphatic heterocycles. The van der Waals surface area contributed by atoms with Gasteiger partial charge in [-0.1, -0.05) is 6.32 Å². The number of aliphatic hydroxyl groups is 1. The van der Waals surface area contributed by atoms with E-state index in [-0.39, 0.29) is 12.4 Å². The van der Waals surface area contributed by atoms with Crippen LogP contribution < -0.4 is 0 Å². The summed E-state index contributed by atoms with van der Waals surface area (Å²) in [6.07, 6.45) is 0.325. The summed E-state index contributed by atoms with van der Waals surface area (Å²) < 4.78 is 1.33. The van der Waals surface area contributed by atoms with Crippen molar-refractivity contribution in [1.82, 2.24) is 9.78 Å². The molecular formula is C6H8BN3O3. The summed E-state index contributed by atoms with van der Waals surface area (Å²) in [7, 11) is 5.26. The number of aliphatic hydroxyl groups excluding tert-OH is 1. The van der Waals surface area contributed by atoms with E-state index in [1.807, 2.05) is 0 Å². The third-order valence-electron chi connectivity index (χ3n) is 1.54.